The van der Waals surface area contributed by atoms with Crippen molar-refractivity contribution in [1.29, 1.82) is 0 Å². The van der Waals surface area contributed by atoms with Gasteiger partial charge in [0.25, 0.3) is 5.91 Å². The van der Waals surface area contributed by atoms with E-state index in [2.05, 4.69) is 15.5 Å². The number of likely N-dealkylation sites (tertiary alicyclic amines) is 1. The predicted octanol–water partition coefficient (Wildman–Crippen LogP) is 1.86. The summed E-state index contributed by atoms with van der Waals surface area (Å²) in [5, 5.41) is 5.46. The van der Waals surface area contributed by atoms with Crippen molar-refractivity contribution in [2.75, 3.05) is 26.2 Å². The first-order valence-corrected chi connectivity index (χ1v) is 8.51. The summed E-state index contributed by atoms with van der Waals surface area (Å²) in [7, 11) is 0. The molecule has 2 N–H and O–H groups in total. The molecule has 0 radical (unpaired) electrons. The van der Waals surface area contributed by atoms with E-state index in [9.17, 15) is 9.59 Å². The smallest absolute Gasteiger partial charge is 0.254 e. The zero-order valence-electron chi connectivity index (χ0n) is 14.3. The van der Waals surface area contributed by atoms with Gasteiger partial charge >= 0.3 is 0 Å². The third kappa shape index (κ3) is 4.51. The average Bonchev–Trinajstić information content (AvgIpc) is 3.35. The number of carbonyl (C=O) groups excluding carboxylic acids is 2. The largest absolute Gasteiger partial charge is 0.472 e. The molecule has 0 aromatic carbocycles. The van der Waals surface area contributed by atoms with Crippen molar-refractivity contribution in [3.05, 3.63) is 47.8 Å². The fourth-order valence-electron chi connectivity index (χ4n) is 3.02. The summed E-state index contributed by atoms with van der Waals surface area (Å²) < 4.78 is 10.6. The number of carbonyl (C=O) groups is 2. The molecule has 1 atom stereocenters. The SMILES string of the molecule is Cc1ccc([C@@H](CNC(=O)CNC(=O)c2ccoc2)N2CCCC2)o1. The molecule has 0 saturated carbocycles. The van der Waals surface area contributed by atoms with Gasteiger partial charge in [-0.05, 0) is 51.1 Å². The number of amides is 2. The van der Waals surface area contributed by atoms with Crippen molar-refractivity contribution in [1.82, 2.24) is 15.5 Å². The van der Waals surface area contributed by atoms with Gasteiger partial charge in [-0.25, -0.2) is 0 Å². The first kappa shape index (κ1) is 17.3. The van der Waals surface area contributed by atoms with Crippen molar-refractivity contribution in [3.8, 4) is 0 Å². The minimum absolute atomic E-state index is 0.0183. The van der Waals surface area contributed by atoms with Crippen molar-refractivity contribution in [2.45, 2.75) is 25.8 Å². The molecular weight excluding hydrogens is 322 g/mol. The average molecular weight is 345 g/mol. The predicted molar refractivity (Wildman–Crippen MR) is 91.0 cm³/mol. The molecule has 0 aliphatic carbocycles. The first-order chi connectivity index (χ1) is 12.1. The summed E-state index contributed by atoms with van der Waals surface area (Å²) in [4.78, 5) is 26.2. The van der Waals surface area contributed by atoms with Crippen LogP contribution in [0.4, 0.5) is 0 Å². The fraction of sp³-hybridized carbons (Fsp3) is 0.444. The Kier molecular flexibility index (Phi) is 5.55. The van der Waals surface area contributed by atoms with Crippen molar-refractivity contribution >= 4 is 11.8 Å². The summed E-state index contributed by atoms with van der Waals surface area (Å²) in [5.74, 6) is 1.16. The highest BCUT2D eigenvalue weighted by molar-refractivity contribution is 5.96. The lowest BCUT2D eigenvalue weighted by atomic mass is 10.2. The molecule has 0 unspecified atom stereocenters. The van der Waals surface area contributed by atoms with Gasteiger partial charge < -0.3 is 19.5 Å². The molecule has 0 spiro atoms. The van der Waals surface area contributed by atoms with E-state index in [1.54, 1.807) is 6.07 Å². The number of nitrogens with one attached hydrogen (secondary N) is 2. The quantitative estimate of drug-likeness (QED) is 0.800. The van der Waals surface area contributed by atoms with Crippen LogP contribution in [0.3, 0.4) is 0 Å². The van der Waals surface area contributed by atoms with Gasteiger partial charge in [0.05, 0.1) is 24.4 Å². The van der Waals surface area contributed by atoms with Crippen molar-refractivity contribution < 1.29 is 18.4 Å². The Morgan fingerprint density at radius 1 is 1.20 bits per heavy atom. The van der Waals surface area contributed by atoms with E-state index < -0.39 is 0 Å². The standard InChI is InChI=1S/C18H23N3O4/c1-13-4-5-16(25-13)15(21-7-2-3-8-21)10-19-17(22)11-20-18(23)14-6-9-24-12-14/h4-6,9,12,15H,2-3,7-8,10-11H2,1H3,(H,19,22)(H,20,23)/t15-/m1/s1. The van der Waals surface area contributed by atoms with Crippen molar-refractivity contribution in [3.63, 3.8) is 0 Å². The highest BCUT2D eigenvalue weighted by atomic mass is 16.3. The van der Waals surface area contributed by atoms with E-state index in [1.807, 2.05) is 19.1 Å². The maximum absolute atomic E-state index is 12.1. The number of rotatable bonds is 7. The topological polar surface area (TPSA) is 87.7 Å². The van der Waals surface area contributed by atoms with E-state index in [-0.39, 0.29) is 24.4 Å². The molecule has 3 rings (SSSR count). The Morgan fingerprint density at radius 3 is 2.64 bits per heavy atom. The zero-order valence-corrected chi connectivity index (χ0v) is 14.3. The first-order valence-electron chi connectivity index (χ1n) is 8.51. The van der Waals surface area contributed by atoms with Crippen LogP contribution in [0, 0.1) is 6.92 Å². The van der Waals surface area contributed by atoms with Gasteiger partial charge in [0, 0.05) is 6.54 Å². The minimum atomic E-state index is -0.332. The fourth-order valence-corrected chi connectivity index (χ4v) is 3.02. The van der Waals surface area contributed by atoms with Crippen LogP contribution in [0.5, 0.6) is 0 Å². The van der Waals surface area contributed by atoms with Crippen LogP contribution in [-0.4, -0.2) is 42.9 Å². The van der Waals surface area contributed by atoms with Crippen LogP contribution in [0.1, 0.15) is 40.8 Å². The van der Waals surface area contributed by atoms with Crippen LogP contribution >= 0.6 is 0 Å². The molecule has 2 amide bonds. The molecule has 25 heavy (non-hydrogen) atoms. The van der Waals surface area contributed by atoms with E-state index >= 15 is 0 Å². The van der Waals surface area contributed by atoms with Crippen LogP contribution in [0.25, 0.3) is 0 Å². The molecule has 3 heterocycles. The number of furan rings is 2. The lowest BCUT2D eigenvalue weighted by Gasteiger charge is -2.26. The number of hydrogen-bond donors (Lipinski definition) is 2. The summed E-state index contributed by atoms with van der Waals surface area (Å²) in [6, 6.07) is 5.47. The molecule has 1 aliphatic heterocycles. The number of hydrogen-bond acceptors (Lipinski definition) is 5. The summed E-state index contributed by atoms with van der Waals surface area (Å²) in [6.45, 7) is 4.28. The Bertz CT molecular complexity index is 702. The van der Waals surface area contributed by atoms with E-state index in [0.717, 1.165) is 37.5 Å². The molecule has 7 heteroatoms. The van der Waals surface area contributed by atoms with Gasteiger partial charge in [-0.3, -0.25) is 14.5 Å². The molecular formula is C18H23N3O4. The number of aryl methyl sites for hydroxylation is 1. The summed E-state index contributed by atoms with van der Waals surface area (Å²) >= 11 is 0. The Hall–Kier alpha value is -2.54. The Labute approximate surface area is 146 Å². The highest BCUT2D eigenvalue weighted by Crippen LogP contribution is 2.26. The van der Waals surface area contributed by atoms with Crippen LogP contribution in [0.2, 0.25) is 0 Å². The third-order valence-electron chi connectivity index (χ3n) is 4.36. The van der Waals surface area contributed by atoms with Crippen LogP contribution < -0.4 is 10.6 Å². The molecule has 134 valence electrons. The molecule has 1 saturated heterocycles. The van der Waals surface area contributed by atoms with E-state index in [0.29, 0.717) is 12.1 Å². The lowest BCUT2D eigenvalue weighted by molar-refractivity contribution is -0.120. The van der Waals surface area contributed by atoms with E-state index in [4.69, 9.17) is 8.83 Å². The van der Waals surface area contributed by atoms with Gasteiger partial charge in [-0.2, -0.15) is 0 Å². The molecule has 1 fully saturated rings. The molecule has 2 aromatic heterocycles. The van der Waals surface area contributed by atoms with Gasteiger partial charge in [-0.15, -0.1) is 0 Å². The third-order valence-corrected chi connectivity index (χ3v) is 4.36. The van der Waals surface area contributed by atoms with Crippen molar-refractivity contribution in [2.24, 2.45) is 0 Å². The number of nitrogens with zero attached hydrogens (tertiary/aromatic N) is 1. The minimum Gasteiger partial charge on any atom is -0.472 e. The zero-order chi connectivity index (χ0) is 17.6. The second kappa shape index (κ2) is 8.02. The highest BCUT2D eigenvalue weighted by Gasteiger charge is 2.26. The lowest BCUT2D eigenvalue weighted by Crippen LogP contribution is -2.41. The second-order valence-corrected chi connectivity index (χ2v) is 6.21. The van der Waals surface area contributed by atoms with E-state index in [1.165, 1.54) is 12.5 Å². The van der Waals surface area contributed by atoms with Crippen LogP contribution in [0.15, 0.2) is 39.6 Å². The van der Waals surface area contributed by atoms with Gasteiger partial charge in [0.2, 0.25) is 5.91 Å². The van der Waals surface area contributed by atoms with Gasteiger partial charge in [-0.1, -0.05) is 0 Å². The molecule has 0 bridgehead atoms. The molecule has 2 aromatic rings. The molecule has 7 nitrogen and oxygen atoms in total. The monoisotopic (exact) mass is 345 g/mol. The van der Waals surface area contributed by atoms with Gasteiger partial charge in [0.15, 0.2) is 0 Å². The second-order valence-electron chi connectivity index (χ2n) is 6.21. The van der Waals surface area contributed by atoms with Gasteiger partial charge in [0.1, 0.15) is 17.8 Å². The normalized spacial score (nSPS) is 15.9. The Balaban J connectivity index is 1.51. The Morgan fingerprint density at radius 2 is 2.00 bits per heavy atom. The summed E-state index contributed by atoms with van der Waals surface area (Å²) in [5.41, 5.74) is 0.397. The maximum Gasteiger partial charge on any atom is 0.254 e. The maximum atomic E-state index is 12.1. The summed E-state index contributed by atoms with van der Waals surface area (Å²) in [6.07, 6.45) is 5.08. The molecule has 1 aliphatic rings. The van der Waals surface area contributed by atoms with Crippen LogP contribution in [-0.2, 0) is 4.79 Å².